The number of nitrogens with zero attached hydrogens (tertiary/aromatic N) is 3. The number of hydrogen-bond donors (Lipinski definition) is 1. The molecule has 1 unspecified atom stereocenters. The number of rotatable bonds is 4. The fourth-order valence-corrected chi connectivity index (χ4v) is 3.73. The van der Waals surface area contributed by atoms with Gasteiger partial charge in [-0.3, -0.25) is 4.68 Å². The first-order valence-electron chi connectivity index (χ1n) is 9.81. The molecule has 1 aliphatic rings. The highest BCUT2D eigenvalue weighted by Crippen LogP contribution is 2.31. The van der Waals surface area contributed by atoms with Gasteiger partial charge < -0.3 is 19.4 Å². The third kappa shape index (κ3) is 3.75. The van der Waals surface area contributed by atoms with Gasteiger partial charge in [-0.2, -0.15) is 5.10 Å². The number of fused-ring (bicyclic) bond motifs is 1. The van der Waals surface area contributed by atoms with Gasteiger partial charge in [0.25, 0.3) is 0 Å². The quantitative estimate of drug-likeness (QED) is 0.744. The van der Waals surface area contributed by atoms with E-state index in [0.717, 1.165) is 35.1 Å². The number of urea groups is 1. The summed E-state index contributed by atoms with van der Waals surface area (Å²) in [6, 6.07) is 7.63. The van der Waals surface area contributed by atoms with Crippen LogP contribution in [-0.4, -0.2) is 46.5 Å². The summed E-state index contributed by atoms with van der Waals surface area (Å²) in [6.45, 7) is 6.59. The molecule has 1 aromatic carbocycles. The molecule has 0 bridgehead atoms. The highest BCUT2D eigenvalue weighted by Gasteiger charge is 2.24. The average Bonchev–Trinajstić information content (AvgIpc) is 3.24. The van der Waals surface area contributed by atoms with Crippen molar-refractivity contribution in [2.24, 2.45) is 0 Å². The Morgan fingerprint density at radius 2 is 2.25 bits per heavy atom. The third-order valence-corrected chi connectivity index (χ3v) is 5.21. The molecule has 28 heavy (non-hydrogen) atoms. The highest BCUT2D eigenvalue weighted by molar-refractivity contribution is 6.00. The number of carbonyl (C=O) groups is 1. The van der Waals surface area contributed by atoms with E-state index in [-0.39, 0.29) is 12.1 Å². The summed E-state index contributed by atoms with van der Waals surface area (Å²) < 4.78 is 13.8. The van der Waals surface area contributed by atoms with Crippen LogP contribution in [0.4, 0.5) is 10.5 Å². The molecule has 3 aromatic rings. The van der Waals surface area contributed by atoms with Crippen molar-refractivity contribution in [3.63, 3.8) is 0 Å². The van der Waals surface area contributed by atoms with Crippen LogP contribution in [0.2, 0.25) is 0 Å². The number of furan rings is 1. The van der Waals surface area contributed by atoms with Gasteiger partial charge in [0.2, 0.25) is 0 Å². The van der Waals surface area contributed by atoms with Gasteiger partial charge in [-0.15, -0.1) is 0 Å². The van der Waals surface area contributed by atoms with Gasteiger partial charge in [-0.1, -0.05) is 19.1 Å². The highest BCUT2D eigenvalue weighted by atomic mass is 16.5. The van der Waals surface area contributed by atoms with Gasteiger partial charge in [0.05, 0.1) is 24.9 Å². The van der Waals surface area contributed by atoms with Crippen LogP contribution in [0.1, 0.15) is 24.7 Å². The van der Waals surface area contributed by atoms with E-state index in [1.165, 1.54) is 0 Å². The zero-order valence-electron chi connectivity index (χ0n) is 16.4. The van der Waals surface area contributed by atoms with E-state index in [9.17, 15) is 4.79 Å². The predicted octanol–water partition coefficient (Wildman–Crippen LogP) is 3.82. The summed E-state index contributed by atoms with van der Waals surface area (Å²) in [5, 5.41) is 8.32. The zero-order valence-corrected chi connectivity index (χ0v) is 16.4. The van der Waals surface area contributed by atoms with Gasteiger partial charge in [-0.25, -0.2) is 4.79 Å². The van der Waals surface area contributed by atoms with Gasteiger partial charge in [0.1, 0.15) is 5.76 Å². The van der Waals surface area contributed by atoms with Crippen LogP contribution < -0.4 is 5.32 Å². The second-order valence-electron chi connectivity index (χ2n) is 7.14. The maximum atomic E-state index is 13.0. The largest absolute Gasteiger partial charge is 0.459 e. The Morgan fingerprint density at radius 3 is 3.04 bits per heavy atom. The number of aryl methyl sites for hydroxylation is 2. The number of nitrogens with one attached hydrogen (secondary N) is 1. The van der Waals surface area contributed by atoms with Crippen molar-refractivity contribution >= 4 is 22.7 Å². The molecule has 2 amide bonds. The Hall–Kier alpha value is -2.80. The lowest BCUT2D eigenvalue weighted by Crippen LogP contribution is -2.41. The summed E-state index contributed by atoms with van der Waals surface area (Å²) in [6.07, 6.45) is 5.21. The number of amides is 2. The molecular weight excluding hydrogens is 356 g/mol. The summed E-state index contributed by atoms with van der Waals surface area (Å²) >= 11 is 0. The predicted molar refractivity (Wildman–Crippen MR) is 108 cm³/mol. The number of ether oxygens (including phenoxy) is 1. The second kappa shape index (κ2) is 8.06. The molecule has 0 spiro atoms. The Kier molecular flexibility index (Phi) is 5.34. The number of para-hydroxylation sites is 1. The molecular formula is C21H26N4O3. The molecule has 1 fully saturated rings. The van der Waals surface area contributed by atoms with E-state index in [1.807, 2.05) is 40.0 Å². The van der Waals surface area contributed by atoms with E-state index < -0.39 is 0 Å². The number of aromatic nitrogens is 2. The third-order valence-electron chi connectivity index (χ3n) is 5.21. The van der Waals surface area contributed by atoms with E-state index >= 15 is 0 Å². The first-order valence-corrected chi connectivity index (χ1v) is 9.81. The van der Waals surface area contributed by atoms with Crippen molar-refractivity contribution in [3.05, 3.63) is 48.0 Å². The summed E-state index contributed by atoms with van der Waals surface area (Å²) in [5.41, 5.74) is 2.58. The summed E-state index contributed by atoms with van der Waals surface area (Å²) in [5.74, 6) is 0.958. The molecule has 3 heterocycles. The minimum absolute atomic E-state index is 0.0820. The topological polar surface area (TPSA) is 72.5 Å². The second-order valence-corrected chi connectivity index (χ2v) is 7.14. The molecule has 1 N–H and O–H groups in total. The van der Waals surface area contributed by atoms with E-state index in [0.29, 0.717) is 31.9 Å². The smallest absolute Gasteiger partial charge is 0.322 e. The molecule has 1 saturated heterocycles. The molecule has 1 aliphatic heterocycles. The molecule has 4 rings (SSSR count). The van der Waals surface area contributed by atoms with Crippen molar-refractivity contribution in [1.82, 2.24) is 14.7 Å². The standard InChI is InChI=1S/C21H26N4O3/c1-3-19-15(2)17-7-4-8-18(20(17)28-19)23-21(26)24-10-6-12-27-16(13-24)14-25-11-5-9-22-25/h4-5,7-9,11,16H,3,6,10,12-14H2,1-2H3,(H,23,26). The van der Waals surface area contributed by atoms with Gasteiger partial charge >= 0.3 is 6.03 Å². The van der Waals surface area contributed by atoms with Gasteiger partial charge in [-0.05, 0) is 31.0 Å². The lowest BCUT2D eigenvalue weighted by Gasteiger charge is -2.24. The maximum absolute atomic E-state index is 13.0. The number of benzene rings is 1. The molecule has 0 aliphatic carbocycles. The molecule has 148 valence electrons. The zero-order chi connectivity index (χ0) is 19.5. The van der Waals surface area contributed by atoms with Crippen LogP contribution in [0.15, 0.2) is 41.1 Å². The molecule has 7 heteroatoms. The lowest BCUT2D eigenvalue weighted by atomic mass is 10.1. The van der Waals surface area contributed by atoms with E-state index in [4.69, 9.17) is 9.15 Å². The van der Waals surface area contributed by atoms with Crippen molar-refractivity contribution in [2.45, 2.75) is 39.3 Å². The van der Waals surface area contributed by atoms with Crippen molar-refractivity contribution < 1.29 is 13.9 Å². The van der Waals surface area contributed by atoms with Crippen LogP contribution in [0.25, 0.3) is 11.0 Å². The van der Waals surface area contributed by atoms with Crippen molar-refractivity contribution in [2.75, 3.05) is 25.0 Å². The fraction of sp³-hybridized carbons (Fsp3) is 0.429. The maximum Gasteiger partial charge on any atom is 0.322 e. The summed E-state index contributed by atoms with van der Waals surface area (Å²) in [4.78, 5) is 14.8. The fourth-order valence-electron chi connectivity index (χ4n) is 3.73. The molecule has 2 aromatic heterocycles. The monoisotopic (exact) mass is 382 g/mol. The van der Waals surface area contributed by atoms with Gasteiger partial charge in [0.15, 0.2) is 5.58 Å². The van der Waals surface area contributed by atoms with Crippen molar-refractivity contribution in [3.8, 4) is 0 Å². The van der Waals surface area contributed by atoms with Gasteiger partial charge in [0, 0.05) is 37.4 Å². The molecule has 0 saturated carbocycles. The first kappa shape index (κ1) is 18.6. The normalized spacial score (nSPS) is 17.6. The van der Waals surface area contributed by atoms with E-state index in [1.54, 1.807) is 6.20 Å². The van der Waals surface area contributed by atoms with Crippen LogP contribution in [0.3, 0.4) is 0 Å². The van der Waals surface area contributed by atoms with Crippen LogP contribution in [0.5, 0.6) is 0 Å². The summed E-state index contributed by atoms with van der Waals surface area (Å²) in [7, 11) is 0. The van der Waals surface area contributed by atoms with Crippen LogP contribution >= 0.6 is 0 Å². The SMILES string of the molecule is CCc1oc2c(NC(=O)N3CCCOC(Cn4cccn4)C3)cccc2c1C. The van der Waals surface area contributed by atoms with E-state index in [2.05, 4.69) is 24.3 Å². The van der Waals surface area contributed by atoms with Crippen LogP contribution in [0, 0.1) is 6.92 Å². The minimum Gasteiger partial charge on any atom is -0.459 e. The Balaban J connectivity index is 1.50. The first-order chi connectivity index (χ1) is 13.7. The number of carbonyl (C=O) groups excluding carboxylic acids is 1. The Morgan fingerprint density at radius 1 is 1.36 bits per heavy atom. The number of anilines is 1. The Labute approximate surface area is 164 Å². The molecule has 0 radical (unpaired) electrons. The molecule has 1 atom stereocenters. The minimum atomic E-state index is -0.129. The van der Waals surface area contributed by atoms with Crippen molar-refractivity contribution in [1.29, 1.82) is 0 Å². The molecule has 7 nitrogen and oxygen atoms in total. The average molecular weight is 382 g/mol. The lowest BCUT2D eigenvalue weighted by molar-refractivity contribution is 0.0442. The van der Waals surface area contributed by atoms with Crippen LogP contribution in [-0.2, 0) is 17.7 Å². The Bertz CT molecular complexity index is 948. The number of hydrogen-bond acceptors (Lipinski definition) is 4.